The number of fused-ring (bicyclic) bond motifs is 1. The van der Waals surface area contributed by atoms with E-state index >= 15 is 0 Å². The molecule has 0 saturated heterocycles. The second-order valence-electron chi connectivity index (χ2n) is 2.44. The van der Waals surface area contributed by atoms with Crippen LogP contribution in [0.5, 0.6) is 0 Å². The molecule has 60 valence electrons. The SMILES string of the molecule is O=Cc1cc2cc(F)ncc2[nH]1. The summed E-state index contributed by atoms with van der Waals surface area (Å²) >= 11 is 0. The van der Waals surface area contributed by atoms with Gasteiger partial charge in [-0.05, 0) is 6.07 Å². The monoisotopic (exact) mass is 164 g/mol. The summed E-state index contributed by atoms with van der Waals surface area (Å²) in [7, 11) is 0. The Kier molecular flexibility index (Phi) is 1.40. The molecule has 2 aromatic heterocycles. The first-order valence-corrected chi connectivity index (χ1v) is 3.39. The van der Waals surface area contributed by atoms with Crippen LogP contribution >= 0.6 is 0 Å². The number of rotatable bonds is 1. The zero-order valence-corrected chi connectivity index (χ0v) is 6.04. The molecule has 2 aromatic rings. The average Bonchev–Trinajstić information content (AvgIpc) is 2.46. The fraction of sp³-hybridized carbons (Fsp3) is 0. The Morgan fingerprint density at radius 1 is 1.50 bits per heavy atom. The Bertz CT molecular complexity index is 436. The number of carbonyl (C=O) groups excluding carboxylic acids is 1. The Labute approximate surface area is 67.2 Å². The van der Waals surface area contributed by atoms with Crippen LogP contribution in [-0.4, -0.2) is 16.3 Å². The number of hydrogen-bond acceptors (Lipinski definition) is 2. The van der Waals surface area contributed by atoms with Crippen molar-refractivity contribution < 1.29 is 9.18 Å². The van der Waals surface area contributed by atoms with Gasteiger partial charge in [0.2, 0.25) is 5.95 Å². The predicted octanol–water partition coefficient (Wildman–Crippen LogP) is 1.51. The molecule has 0 aliphatic carbocycles. The Hall–Kier alpha value is -1.71. The summed E-state index contributed by atoms with van der Waals surface area (Å²) in [4.78, 5) is 16.5. The van der Waals surface area contributed by atoms with Crippen molar-refractivity contribution in [2.75, 3.05) is 0 Å². The van der Waals surface area contributed by atoms with E-state index in [1.807, 2.05) is 0 Å². The van der Waals surface area contributed by atoms with E-state index in [2.05, 4.69) is 9.97 Å². The van der Waals surface area contributed by atoms with E-state index in [0.717, 1.165) is 0 Å². The van der Waals surface area contributed by atoms with Crippen LogP contribution in [0, 0.1) is 5.95 Å². The number of halogens is 1. The summed E-state index contributed by atoms with van der Waals surface area (Å²) in [6.45, 7) is 0. The topological polar surface area (TPSA) is 45.8 Å². The molecular formula is C8H5FN2O. The quantitative estimate of drug-likeness (QED) is 0.513. The van der Waals surface area contributed by atoms with Crippen LogP contribution in [0.25, 0.3) is 10.9 Å². The van der Waals surface area contributed by atoms with Crippen molar-refractivity contribution in [3.05, 3.63) is 30.0 Å². The van der Waals surface area contributed by atoms with Crippen LogP contribution in [0.2, 0.25) is 0 Å². The van der Waals surface area contributed by atoms with E-state index < -0.39 is 5.95 Å². The molecule has 0 amide bonds. The summed E-state index contributed by atoms with van der Waals surface area (Å²) in [5, 5.41) is 0.657. The highest BCUT2D eigenvalue weighted by Crippen LogP contribution is 2.13. The van der Waals surface area contributed by atoms with Crippen molar-refractivity contribution in [1.29, 1.82) is 0 Å². The number of nitrogens with zero attached hydrogens (tertiary/aromatic N) is 1. The van der Waals surface area contributed by atoms with Crippen molar-refractivity contribution in [3.63, 3.8) is 0 Å². The molecule has 2 heterocycles. The summed E-state index contributed by atoms with van der Waals surface area (Å²) in [5.41, 5.74) is 1.09. The zero-order valence-electron chi connectivity index (χ0n) is 6.04. The molecule has 3 nitrogen and oxygen atoms in total. The second kappa shape index (κ2) is 2.41. The van der Waals surface area contributed by atoms with Gasteiger partial charge in [-0.3, -0.25) is 4.79 Å². The molecule has 0 bridgehead atoms. The maximum Gasteiger partial charge on any atom is 0.213 e. The number of nitrogens with one attached hydrogen (secondary N) is 1. The highest BCUT2D eigenvalue weighted by molar-refractivity contribution is 5.87. The molecule has 0 radical (unpaired) electrons. The van der Waals surface area contributed by atoms with Gasteiger partial charge < -0.3 is 4.98 Å². The van der Waals surface area contributed by atoms with Crippen LogP contribution in [0.15, 0.2) is 18.3 Å². The molecule has 0 aliphatic rings. The van der Waals surface area contributed by atoms with Crippen molar-refractivity contribution >= 4 is 17.2 Å². The van der Waals surface area contributed by atoms with E-state index in [9.17, 15) is 9.18 Å². The van der Waals surface area contributed by atoms with Crippen LogP contribution in [0.3, 0.4) is 0 Å². The Morgan fingerprint density at radius 3 is 3.08 bits per heavy atom. The van der Waals surface area contributed by atoms with Gasteiger partial charge in [-0.25, -0.2) is 4.98 Å². The average molecular weight is 164 g/mol. The smallest absolute Gasteiger partial charge is 0.213 e. The first-order valence-electron chi connectivity index (χ1n) is 3.39. The Balaban J connectivity index is 2.75. The number of aromatic nitrogens is 2. The third-order valence-corrected chi connectivity index (χ3v) is 1.62. The fourth-order valence-corrected chi connectivity index (χ4v) is 1.09. The number of pyridine rings is 1. The molecule has 0 fully saturated rings. The maximum absolute atomic E-state index is 12.5. The van der Waals surface area contributed by atoms with Gasteiger partial charge in [0.1, 0.15) is 0 Å². The van der Waals surface area contributed by atoms with Gasteiger partial charge in [-0.2, -0.15) is 4.39 Å². The highest BCUT2D eigenvalue weighted by atomic mass is 19.1. The summed E-state index contributed by atoms with van der Waals surface area (Å²) in [6.07, 6.45) is 2.04. The third-order valence-electron chi connectivity index (χ3n) is 1.62. The number of aldehydes is 1. The highest BCUT2D eigenvalue weighted by Gasteiger charge is 2.00. The van der Waals surface area contributed by atoms with Crippen LogP contribution in [-0.2, 0) is 0 Å². The molecule has 0 atom stereocenters. The zero-order chi connectivity index (χ0) is 8.55. The van der Waals surface area contributed by atoms with Gasteiger partial charge in [0, 0.05) is 11.5 Å². The fourth-order valence-electron chi connectivity index (χ4n) is 1.09. The minimum absolute atomic E-state index is 0.428. The van der Waals surface area contributed by atoms with Crippen LogP contribution in [0.1, 0.15) is 10.5 Å². The summed E-state index contributed by atoms with van der Waals surface area (Å²) < 4.78 is 12.5. The maximum atomic E-state index is 12.5. The third kappa shape index (κ3) is 0.972. The lowest BCUT2D eigenvalue weighted by Gasteiger charge is -1.86. The van der Waals surface area contributed by atoms with Gasteiger partial charge >= 0.3 is 0 Å². The van der Waals surface area contributed by atoms with Crippen LogP contribution in [0.4, 0.5) is 4.39 Å². The molecule has 4 heteroatoms. The van der Waals surface area contributed by atoms with Crippen molar-refractivity contribution in [1.82, 2.24) is 9.97 Å². The Morgan fingerprint density at radius 2 is 2.33 bits per heavy atom. The molecule has 12 heavy (non-hydrogen) atoms. The standard InChI is InChI=1S/C8H5FN2O/c9-8-2-5-1-6(4-12)11-7(5)3-10-8/h1-4,11H. The first kappa shape index (κ1) is 6.97. The molecule has 2 rings (SSSR count). The minimum Gasteiger partial charge on any atom is -0.351 e. The van der Waals surface area contributed by atoms with Crippen molar-refractivity contribution in [2.24, 2.45) is 0 Å². The molecule has 1 N–H and O–H groups in total. The molecule has 0 aromatic carbocycles. The van der Waals surface area contributed by atoms with Crippen molar-refractivity contribution in [3.8, 4) is 0 Å². The molecular weight excluding hydrogens is 159 g/mol. The van der Waals surface area contributed by atoms with E-state index in [1.54, 1.807) is 6.07 Å². The molecule has 0 spiro atoms. The summed E-state index contributed by atoms with van der Waals surface area (Å²) in [6, 6.07) is 2.85. The lowest BCUT2D eigenvalue weighted by Crippen LogP contribution is -1.79. The number of hydrogen-bond donors (Lipinski definition) is 1. The predicted molar refractivity (Wildman–Crippen MR) is 41.4 cm³/mol. The second-order valence-corrected chi connectivity index (χ2v) is 2.44. The van der Waals surface area contributed by atoms with Gasteiger partial charge in [0.15, 0.2) is 6.29 Å². The van der Waals surface area contributed by atoms with Gasteiger partial charge in [0.25, 0.3) is 0 Å². The molecule has 0 saturated carbocycles. The largest absolute Gasteiger partial charge is 0.351 e. The minimum atomic E-state index is -0.543. The number of carbonyl (C=O) groups is 1. The first-order chi connectivity index (χ1) is 5.79. The molecule has 0 aliphatic heterocycles. The number of H-pyrrole nitrogens is 1. The van der Waals surface area contributed by atoms with Crippen molar-refractivity contribution in [2.45, 2.75) is 0 Å². The van der Waals surface area contributed by atoms with Crippen LogP contribution < -0.4 is 0 Å². The number of aromatic amines is 1. The molecule has 0 unspecified atom stereocenters. The van der Waals surface area contributed by atoms with Gasteiger partial charge in [-0.1, -0.05) is 0 Å². The van der Waals surface area contributed by atoms with E-state index in [-0.39, 0.29) is 0 Å². The van der Waals surface area contributed by atoms with E-state index in [1.165, 1.54) is 12.3 Å². The lowest BCUT2D eigenvalue weighted by molar-refractivity contribution is 0.112. The van der Waals surface area contributed by atoms with Gasteiger partial charge in [0.05, 0.1) is 17.4 Å². The van der Waals surface area contributed by atoms with E-state index in [0.29, 0.717) is 22.9 Å². The normalized spacial score (nSPS) is 10.4. The lowest BCUT2D eigenvalue weighted by atomic mass is 10.3. The summed E-state index contributed by atoms with van der Waals surface area (Å²) in [5.74, 6) is -0.543. The van der Waals surface area contributed by atoms with E-state index in [4.69, 9.17) is 0 Å². The van der Waals surface area contributed by atoms with Gasteiger partial charge in [-0.15, -0.1) is 0 Å².